The molecule has 5 heteroatoms. The molecule has 0 aliphatic rings. The van der Waals surface area contributed by atoms with Crippen molar-refractivity contribution in [1.82, 2.24) is 0 Å². The molecule has 3 aromatic rings. The van der Waals surface area contributed by atoms with Crippen LogP contribution in [0.2, 0.25) is 0 Å². The molecule has 1 atom stereocenters. The first kappa shape index (κ1) is 20.3. The summed E-state index contributed by atoms with van der Waals surface area (Å²) in [6.45, 7) is 1.04. The third-order valence-electron chi connectivity index (χ3n) is 4.35. The largest absolute Gasteiger partial charge is 0.494 e. The Labute approximate surface area is 170 Å². The minimum Gasteiger partial charge on any atom is -0.494 e. The summed E-state index contributed by atoms with van der Waals surface area (Å²) in [5.74, 6) is 0.825. The number of carbonyl (C=O) groups is 1. The van der Waals surface area contributed by atoms with Crippen molar-refractivity contribution in [2.24, 2.45) is 0 Å². The Morgan fingerprint density at radius 1 is 0.828 bits per heavy atom. The van der Waals surface area contributed by atoms with Gasteiger partial charge in [0.2, 0.25) is 0 Å². The van der Waals surface area contributed by atoms with Gasteiger partial charge in [-0.2, -0.15) is 0 Å². The number of carboxylic acids is 1. The number of nitrogens with one attached hydrogen (secondary N) is 1. The minimum atomic E-state index is -0.835. The summed E-state index contributed by atoms with van der Waals surface area (Å²) in [7, 11) is 0. The number of para-hydroxylation sites is 2. The highest BCUT2D eigenvalue weighted by Gasteiger charge is 2.11. The van der Waals surface area contributed by atoms with Crippen molar-refractivity contribution in [1.29, 1.82) is 0 Å². The van der Waals surface area contributed by atoms with Crippen LogP contribution in [-0.2, 0) is 11.2 Å². The van der Waals surface area contributed by atoms with Crippen molar-refractivity contribution in [3.05, 3.63) is 90.5 Å². The van der Waals surface area contributed by atoms with Gasteiger partial charge in [-0.1, -0.05) is 48.5 Å². The quantitative estimate of drug-likeness (QED) is 0.498. The number of benzene rings is 3. The average Bonchev–Trinajstić information content (AvgIpc) is 2.74. The van der Waals surface area contributed by atoms with Gasteiger partial charge in [-0.3, -0.25) is 4.79 Å². The van der Waals surface area contributed by atoms with Gasteiger partial charge in [0.05, 0.1) is 19.1 Å². The van der Waals surface area contributed by atoms with E-state index in [1.807, 2.05) is 84.9 Å². The molecule has 0 bridgehead atoms. The molecular weight excluding hydrogens is 366 g/mol. The molecule has 0 spiro atoms. The predicted octanol–water partition coefficient (Wildman–Crippen LogP) is 4.64. The normalized spacial score (nSPS) is 11.4. The summed E-state index contributed by atoms with van der Waals surface area (Å²) in [5, 5.41) is 12.4. The zero-order valence-electron chi connectivity index (χ0n) is 16.2. The fraction of sp³-hybridized carbons (Fsp3) is 0.208. The van der Waals surface area contributed by atoms with E-state index < -0.39 is 5.97 Å². The molecular formula is C24H25NO4. The second kappa shape index (κ2) is 10.8. The van der Waals surface area contributed by atoms with E-state index >= 15 is 0 Å². The van der Waals surface area contributed by atoms with Crippen LogP contribution in [0.25, 0.3) is 0 Å². The third-order valence-corrected chi connectivity index (χ3v) is 4.35. The summed E-state index contributed by atoms with van der Waals surface area (Å²) < 4.78 is 11.8. The molecule has 29 heavy (non-hydrogen) atoms. The number of hydrogen-bond acceptors (Lipinski definition) is 4. The van der Waals surface area contributed by atoms with Gasteiger partial charge in [0.15, 0.2) is 0 Å². The fourth-order valence-corrected chi connectivity index (χ4v) is 2.88. The SMILES string of the molecule is O=C(O)Cc1ccc(NC(CCOc2ccccc2)COc2ccccc2)cc1. The van der Waals surface area contributed by atoms with Gasteiger partial charge < -0.3 is 19.9 Å². The standard InChI is InChI=1S/C24H25NO4/c26-24(27)17-19-11-13-20(14-12-19)25-21(18-29-23-9-5-2-6-10-23)15-16-28-22-7-3-1-4-8-22/h1-14,21,25H,15-18H2,(H,26,27). The minimum absolute atomic E-state index is 0.0196. The van der Waals surface area contributed by atoms with Gasteiger partial charge in [-0.25, -0.2) is 0 Å². The lowest BCUT2D eigenvalue weighted by Crippen LogP contribution is -2.29. The van der Waals surface area contributed by atoms with Gasteiger partial charge in [-0.15, -0.1) is 0 Å². The number of hydrogen-bond donors (Lipinski definition) is 2. The van der Waals surface area contributed by atoms with Crippen molar-refractivity contribution in [2.75, 3.05) is 18.5 Å². The summed E-state index contributed by atoms with van der Waals surface area (Å²) in [6, 6.07) is 26.9. The maximum absolute atomic E-state index is 10.8. The topological polar surface area (TPSA) is 67.8 Å². The molecule has 0 aliphatic heterocycles. The monoisotopic (exact) mass is 391 g/mol. The molecule has 0 aliphatic carbocycles. The maximum atomic E-state index is 10.8. The van der Waals surface area contributed by atoms with Gasteiger partial charge in [0, 0.05) is 12.1 Å². The molecule has 2 N–H and O–H groups in total. The van der Waals surface area contributed by atoms with Crippen molar-refractivity contribution in [3.63, 3.8) is 0 Å². The van der Waals surface area contributed by atoms with Crippen LogP contribution in [0, 0.1) is 0 Å². The van der Waals surface area contributed by atoms with Gasteiger partial charge in [0.25, 0.3) is 0 Å². The van der Waals surface area contributed by atoms with E-state index in [-0.39, 0.29) is 12.5 Å². The molecule has 150 valence electrons. The van der Waals surface area contributed by atoms with E-state index in [9.17, 15) is 4.79 Å². The van der Waals surface area contributed by atoms with Gasteiger partial charge in [-0.05, 0) is 42.0 Å². The van der Waals surface area contributed by atoms with Crippen LogP contribution >= 0.6 is 0 Å². The molecule has 5 nitrogen and oxygen atoms in total. The Morgan fingerprint density at radius 2 is 1.41 bits per heavy atom. The Kier molecular flexibility index (Phi) is 7.52. The molecule has 3 rings (SSSR count). The number of carboxylic acid groups (broad SMARTS) is 1. The molecule has 0 amide bonds. The Bertz CT molecular complexity index is 866. The van der Waals surface area contributed by atoms with Crippen LogP contribution in [0.1, 0.15) is 12.0 Å². The Balaban J connectivity index is 1.58. The van der Waals surface area contributed by atoms with E-state index in [1.54, 1.807) is 0 Å². The second-order valence-corrected chi connectivity index (χ2v) is 6.68. The fourth-order valence-electron chi connectivity index (χ4n) is 2.88. The molecule has 3 aromatic carbocycles. The smallest absolute Gasteiger partial charge is 0.307 e. The van der Waals surface area contributed by atoms with E-state index in [2.05, 4.69) is 5.32 Å². The van der Waals surface area contributed by atoms with Crippen LogP contribution in [0.3, 0.4) is 0 Å². The first-order valence-corrected chi connectivity index (χ1v) is 9.62. The lowest BCUT2D eigenvalue weighted by molar-refractivity contribution is -0.136. The molecule has 0 saturated heterocycles. The Morgan fingerprint density at radius 3 is 2.00 bits per heavy atom. The van der Waals surface area contributed by atoms with Crippen LogP contribution in [0.5, 0.6) is 11.5 Å². The second-order valence-electron chi connectivity index (χ2n) is 6.68. The number of rotatable bonds is 11. The number of ether oxygens (including phenoxy) is 2. The molecule has 0 fully saturated rings. The summed E-state index contributed by atoms with van der Waals surface area (Å²) in [5.41, 5.74) is 1.69. The Hall–Kier alpha value is -3.47. The van der Waals surface area contributed by atoms with Crippen molar-refractivity contribution < 1.29 is 19.4 Å². The predicted molar refractivity (Wildman–Crippen MR) is 114 cm³/mol. The number of anilines is 1. The van der Waals surface area contributed by atoms with Gasteiger partial charge >= 0.3 is 5.97 Å². The third kappa shape index (κ3) is 7.22. The lowest BCUT2D eigenvalue weighted by Gasteiger charge is -2.21. The zero-order valence-corrected chi connectivity index (χ0v) is 16.2. The average molecular weight is 391 g/mol. The van der Waals surface area contributed by atoms with Crippen LogP contribution in [-0.4, -0.2) is 30.3 Å². The summed E-state index contributed by atoms with van der Waals surface area (Å²) in [4.78, 5) is 10.8. The van der Waals surface area contributed by atoms with Crippen LogP contribution in [0.4, 0.5) is 5.69 Å². The molecule has 0 saturated carbocycles. The molecule has 1 unspecified atom stereocenters. The molecule has 0 heterocycles. The maximum Gasteiger partial charge on any atom is 0.307 e. The molecule has 0 aromatic heterocycles. The van der Waals surface area contributed by atoms with Crippen LogP contribution in [0.15, 0.2) is 84.9 Å². The van der Waals surface area contributed by atoms with Crippen molar-refractivity contribution >= 4 is 11.7 Å². The first-order valence-electron chi connectivity index (χ1n) is 9.62. The van der Waals surface area contributed by atoms with Crippen molar-refractivity contribution in [2.45, 2.75) is 18.9 Å². The summed E-state index contributed by atoms with van der Waals surface area (Å²) in [6.07, 6.45) is 0.768. The number of aliphatic carboxylic acids is 1. The van der Waals surface area contributed by atoms with Gasteiger partial charge in [0.1, 0.15) is 18.1 Å². The highest BCUT2D eigenvalue weighted by atomic mass is 16.5. The van der Waals surface area contributed by atoms with Crippen molar-refractivity contribution in [3.8, 4) is 11.5 Å². The van der Waals surface area contributed by atoms with Crippen LogP contribution < -0.4 is 14.8 Å². The summed E-state index contributed by atoms with van der Waals surface area (Å²) >= 11 is 0. The van der Waals surface area contributed by atoms with E-state index in [0.717, 1.165) is 29.2 Å². The first-order chi connectivity index (χ1) is 14.2. The molecule has 0 radical (unpaired) electrons. The van der Waals surface area contributed by atoms with E-state index in [0.29, 0.717) is 13.2 Å². The van der Waals surface area contributed by atoms with E-state index in [4.69, 9.17) is 14.6 Å². The lowest BCUT2D eigenvalue weighted by atomic mass is 10.1. The highest BCUT2D eigenvalue weighted by Crippen LogP contribution is 2.16. The van der Waals surface area contributed by atoms with E-state index in [1.165, 1.54) is 0 Å². The highest BCUT2D eigenvalue weighted by molar-refractivity contribution is 5.70. The zero-order chi connectivity index (χ0) is 20.3.